The first-order valence-electron chi connectivity index (χ1n) is 8.76. The monoisotopic (exact) mass is 338 g/mol. The van der Waals surface area contributed by atoms with Crippen molar-refractivity contribution in [3.05, 3.63) is 51.9 Å². The number of benzene rings is 1. The summed E-state index contributed by atoms with van der Waals surface area (Å²) in [4.78, 5) is 11.3. The number of hydrogen-bond donors (Lipinski definition) is 1. The molecule has 0 bridgehead atoms. The van der Waals surface area contributed by atoms with Crippen LogP contribution in [0.25, 0.3) is 0 Å². The van der Waals surface area contributed by atoms with Crippen molar-refractivity contribution in [1.29, 1.82) is 0 Å². The van der Waals surface area contributed by atoms with E-state index in [-0.39, 0.29) is 5.41 Å². The molecule has 6 nitrogen and oxygen atoms in total. The molecule has 6 heteroatoms. The normalized spacial score (nSPS) is 30.0. The van der Waals surface area contributed by atoms with Gasteiger partial charge in [-0.05, 0) is 45.1 Å². The molecule has 5 rings (SSSR count). The van der Waals surface area contributed by atoms with Crippen LogP contribution in [0.15, 0.2) is 27.7 Å². The summed E-state index contributed by atoms with van der Waals surface area (Å²) in [5.41, 5.74) is 11.2. The molecule has 2 aliphatic carbocycles. The molecule has 25 heavy (non-hydrogen) atoms. The van der Waals surface area contributed by atoms with Gasteiger partial charge < -0.3 is 10.3 Å². The molecule has 3 aliphatic rings. The number of guanidine groups is 1. The fraction of sp³-hybridized carbons (Fsp3) is 0.474. The van der Waals surface area contributed by atoms with Crippen LogP contribution in [0.2, 0.25) is 0 Å². The lowest BCUT2D eigenvalue weighted by molar-refractivity contribution is -0.224. The van der Waals surface area contributed by atoms with Crippen molar-refractivity contribution in [2.24, 2.45) is 16.1 Å². The number of aromatic nitrogens is 1. The van der Waals surface area contributed by atoms with Crippen LogP contribution in [0.5, 0.6) is 0 Å². The molecule has 130 valence electrons. The van der Waals surface area contributed by atoms with Crippen molar-refractivity contribution in [2.75, 3.05) is 7.05 Å². The Balaban J connectivity index is 1.72. The van der Waals surface area contributed by atoms with E-state index >= 15 is 0 Å². The van der Waals surface area contributed by atoms with E-state index in [0.717, 1.165) is 42.7 Å². The molecule has 0 fully saturated rings. The average molecular weight is 338 g/mol. The van der Waals surface area contributed by atoms with E-state index in [1.165, 1.54) is 16.7 Å². The van der Waals surface area contributed by atoms with Gasteiger partial charge in [0.25, 0.3) is 0 Å². The topological polar surface area (TPSA) is 76.9 Å². The Morgan fingerprint density at radius 3 is 2.84 bits per heavy atom. The molecule has 1 aromatic heterocycles. The number of hydrogen-bond acceptors (Lipinski definition) is 6. The summed E-state index contributed by atoms with van der Waals surface area (Å²) in [5.74, 6) is 1.33. The molecule has 2 spiro atoms. The SMILES string of the molecule is Cc1ccc2c(c1)C1(N=C(N)N(C)O1)C1(CCc3noc(C)c3C1)C2. The maximum atomic E-state index is 6.38. The van der Waals surface area contributed by atoms with Crippen LogP contribution in [0, 0.1) is 19.3 Å². The lowest BCUT2D eigenvalue weighted by Crippen LogP contribution is -2.47. The Hall–Kier alpha value is -2.34. The number of nitrogens with two attached hydrogens (primary N) is 1. The van der Waals surface area contributed by atoms with Gasteiger partial charge in [-0.2, -0.15) is 0 Å². The standard InChI is InChI=1S/C19H22N4O2/c1-11-4-5-13-9-18(7-6-16-14(10-18)12(2)24-22-16)19(15(13)8-11)21-17(20)23(3)25-19/h4-5,8H,6-7,9-10H2,1-3H3,(H2,20,21). The third-order valence-electron chi connectivity index (χ3n) is 6.16. The lowest BCUT2D eigenvalue weighted by atomic mass is 9.66. The summed E-state index contributed by atoms with van der Waals surface area (Å²) >= 11 is 0. The van der Waals surface area contributed by atoms with Crippen LogP contribution in [0.4, 0.5) is 0 Å². The van der Waals surface area contributed by atoms with Crippen LogP contribution in [0.1, 0.15) is 40.1 Å². The van der Waals surface area contributed by atoms with Crippen molar-refractivity contribution < 1.29 is 9.36 Å². The second-order valence-electron chi connectivity index (χ2n) is 7.66. The molecule has 0 amide bonds. The van der Waals surface area contributed by atoms with Crippen molar-refractivity contribution in [1.82, 2.24) is 10.2 Å². The Kier molecular flexibility index (Phi) is 2.77. The van der Waals surface area contributed by atoms with Crippen LogP contribution >= 0.6 is 0 Å². The second kappa shape index (κ2) is 4.64. The highest BCUT2D eigenvalue weighted by molar-refractivity contribution is 5.79. The summed E-state index contributed by atoms with van der Waals surface area (Å²) in [6, 6.07) is 6.58. The molecule has 0 radical (unpaired) electrons. The van der Waals surface area contributed by atoms with Gasteiger partial charge in [-0.3, -0.25) is 0 Å². The quantitative estimate of drug-likeness (QED) is 0.798. The smallest absolute Gasteiger partial charge is 0.221 e. The van der Waals surface area contributed by atoms with Crippen molar-refractivity contribution in [2.45, 2.75) is 45.3 Å². The summed E-state index contributed by atoms with van der Waals surface area (Å²) in [7, 11) is 1.83. The predicted octanol–water partition coefficient (Wildman–Crippen LogP) is 2.37. The van der Waals surface area contributed by atoms with Gasteiger partial charge in [-0.1, -0.05) is 28.9 Å². The number of hydroxylamine groups is 2. The van der Waals surface area contributed by atoms with E-state index < -0.39 is 5.72 Å². The minimum atomic E-state index is -0.755. The zero-order valence-electron chi connectivity index (χ0n) is 14.8. The number of rotatable bonds is 0. The zero-order chi connectivity index (χ0) is 17.4. The van der Waals surface area contributed by atoms with Crippen molar-refractivity contribution >= 4 is 5.96 Å². The van der Waals surface area contributed by atoms with E-state index in [2.05, 4.69) is 30.3 Å². The first-order valence-corrected chi connectivity index (χ1v) is 8.76. The highest BCUT2D eigenvalue weighted by Gasteiger charge is 2.63. The third-order valence-corrected chi connectivity index (χ3v) is 6.16. The van der Waals surface area contributed by atoms with Crippen LogP contribution in [-0.2, 0) is 29.8 Å². The largest absolute Gasteiger partial charge is 0.368 e. The summed E-state index contributed by atoms with van der Waals surface area (Å²) in [6.45, 7) is 4.09. The molecule has 0 saturated carbocycles. The Bertz CT molecular complexity index is 918. The summed E-state index contributed by atoms with van der Waals surface area (Å²) in [5, 5.41) is 5.84. The molecule has 2 unspecified atom stereocenters. The van der Waals surface area contributed by atoms with Crippen molar-refractivity contribution in [3.63, 3.8) is 0 Å². The van der Waals surface area contributed by atoms with Gasteiger partial charge in [0.15, 0.2) is 0 Å². The maximum Gasteiger partial charge on any atom is 0.221 e. The number of aliphatic imine (C=N–C) groups is 1. The fourth-order valence-corrected chi connectivity index (χ4v) is 4.84. The molecule has 0 saturated heterocycles. The van der Waals surface area contributed by atoms with Crippen LogP contribution in [0.3, 0.4) is 0 Å². The highest BCUT2D eigenvalue weighted by Crippen LogP contribution is 2.61. The van der Waals surface area contributed by atoms with Crippen LogP contribution in [-0.4, -0.2) is 23.2 Å². The minimum Gasteiger partial charge on any atom is -0.368 e. The minimum absolute atomic E-state index is 0.165. The van der Waals surface area contributed by atoms with E-state index in [1.54, 1.807) is 5.06 Å². The molecular weight excluding hydrogens is 316 g/mol. The lowest BCUT2D eigenvalue weighted by Gasteiger charge is -2.43. The Morgan fingerprint density at radius 1 is 1.24 bits per heavy atom. The van der Waals surface area contributed by atoms with Crippen LogP contribution < -0.4 is 5.73 Å². The molecule has 2 aromatic rings. The molecule has 1 aromatic carbocycles. The van der Waals surface area contributed by atoms with E-state index in [4.69, 9.17) is 20.1 Å². The number of aryl methyl sites for hydroxylation is 3. The number of nitrogens with zero attached hydrogens (tertiary/aromatic N) is 3. The molecule has 1 aliphatic heterocycles. The van der Waals surface area contributed by atoms with E-state index in [9.17, 15) is 0 Å². The van der Waals surface area contributed by atoms with Gasteiger partial charge in [0.1, 0.15) is 5.76 Å². The van der Waals surface area contributed by atoms with Gasteiger partial charge in [-0.25, -0.2) is 14.9 Å². The first kappa shape index (κ1) is 15.0. The fourth-order valence-electron chi connectivity index (χ4n) is 4.84. The second-order valence-corrected chi connectivity index (χ2v) is 7.66. The highest BCUT2D eigenvalue weighted by atomic mass is 16.7. The molecule has 2 atom stereocenters. The molecule has 2 heterocycles. The van der Waals surface area contributed by atoms with Gasteiger partial charge in [0, 0.05) is 23.6 Å². The zero-order valence-corrected chi connectivity index (χ0v) is 14.8. The Morgan fingerprint density at radius 2 is 2.08 bits per heavy atom. The third kappa shape index (κ3) is 1.78. The first-order chi connectivity index (χ1) is 11.9. The van der Waals surface area contributed by atoms with E-state index in [1.807, 2.05) is 14.0 Å². The Labute approximate surface area is 146 Å². The van der Waals surface area contributed by atoms with Gasteiger partial charge in [0.05, 0.1) is 5.69 Å². The number of fused-ring (bicyclic) bond motifs is 4. The summed E-state index contributed by atoms with van der Waals surface area (Å²) in [6.07, 6.45) is 3.60. The van der Waals surface area contributed by atoms with Gasteiger partial charge in [0.2, 0.25) is 11.7 Å². The van der Waals surface area contributed by atoms with Gasteiger partial charge in [-0.15, -0.1) is 0 Å². The molecule has 2 N–H and O–H groups in total. The van der Waals surface area contributed by atoms with Crippen molar-refractivity contribution in [3.8, 4) is 0 Å². The van der Waals surface area contributed by atoms with E-state index in [0.29, 0.717) is 5.96 Å². The summed E-state index contributed by atoms with van der Waals surface area (Å²) < 4.78 is 5.45. The average Bonchev–Trinajstić information content (AvgIpc) is 3.17. The van der Waals surface area contributed by atoms with Gasteiger partial charge >= 0.3 is 0 Å². The predicted molar refractivity (Wildman–Crippen MR) is 92.7 cm³/mol. The maximum absolute atomic E-state index is 6.38. The molecular formula is C19H22N4O2.